The van der Waals surface area contributed by atoms with Gasteiger partial charge in [-0.05, 0) is 18.6 Å². The molecule has 1 aliphatic heterocycles. The van der Waals surface area contributed by atoms with Crippen molar-refractivity contribution in [1.82, 2.24) is 10.2 Å². The first-order valence-electron chi connectivity index (χ1n) is 6.66. The van der Waals surface area contributed by atoms with Gasteiger partial charge in [-0.3, -0.25) is 9.59 Å². The minimum absolute atomic E-state index is 0.0110. The molecule has 18 heavy (non-hydrogen) atoms. The maximum Gasteiger partial charge on any atom is 0.245 e. The summed E-state index contributed by atoms with van der Waals surface area (Å²) in [5, 5.41) is 2.85. The molecular formula is C13H24N2O2S. The predicted octanol–water partition coefficient (Wildman–Crippen LogP) is 1.50. The van der Waals surface area contributed by atoms with Crippen LogP contribution in [0.1, 0.15) is 33.6 Å². The van der Waals surface area contributed by atoms with Crippen LogP contribution in [-0.4, -0.2) is 47.4 Å². The van der Waals surface area contributed by atoms with Crippen LogP contribution in [0.3, 0.4) is 0 Å². The fraction of sp³-hybridized carbons (Fsp3) is 0.846. The third-order valence-electron chi connectivity index (χ3n) is 3.63. The Hall–Kier alpha value is -0.710. The van der Waals surface area contributed by atoms with Crippen LogP contribution in [0, 0.1) is 5.92 Å². The van der Waals surface area contributed by atoms with E-state index in [1.807, 2.05) is 20.1 Å². The van der Waals surface area contributed by atoms with Crippen LogP contribution in [0.2, 0.25) is 0 Å². The Kier molecular flexibility index (Phi) is 5.99. The zero-order valence-corrected chi connectivity index (χ0v) is 12.5. The molecule has 1 aliphatic rings. The molecule has 104 valence electrons. The number of nitrogens with one attached hydrogen (secondary N) is 1. The Morgan fingerprint density at radius 1 is 1.39 bits per heavy atom. The quantitative estimate of drug-likeness (QED) is 0.797. The summed E-state index contributed by atoms with van der Waals surface area (Å²) in [4.78, 5) is 26.3. The minimum Gasteiger partial charge on any atom is -0.343 e. The Morgan fingerprint density at radius 3 is 2.56 bits per heavy atom. The topological polar surface area (TPSA) is 49.4 Å². The minimum atomic E-state index is -0.334. The Bertz CT molecular complexity index is 309. The van der Waals surface area contributed by atoms with Crippen molar-refractivity contribution in [2.45, 2.75) is 45.7 Å². The van der Waals surface area contributed by atoms with E-state index in [-0.39, 0.29) is 29.8 Å². The van der Waals surface area contributed by atoms with Gasteiger partial charge in [0.05, 0.1) is 0 Å². The van der Waals surface area contributed by atoms with Crippen LogP contribution in [-0.2, 0) is 9.59 Å². The summed E-state index contributed by atoms with van der Waals surface area (Å²) in [5.74, 6) is 1.17. The van der Waals surface area contributed by atoms with E-state index in [2.05, 4.69) is 12.2 Å². The summed E-state index contributed by atoms with van der Waals surface area (Å²) in [6.07, 6.45) is 3.58. The Labute approximate surface area is 114 Å². The molecule has 3 atom stereocenters. The summed E-state index contributed by atoms with van der Waals surface area (Å²) >= 11 is 1.70. The zero-order chi connectivity index (χ0) is 13.7. The summed E-state index contributed by atoms with van der Waals surface area (Å²) in [5.41, 5.74) is 0. The molecule has 1 N–H and O–H groups in total. The molecule has 0 aromatic heterocycles. The highest BCUT2D eigenvalue weighted by atomic mass is 32.2. The van der Waals surface area contributed by atoms with Gasteiger partial charge in [0.1, 0.15) is 12.1 Å². The van der Waals surface area contributed by atoms with Crippen molar-refractivity contribution in [3.8, 4) is 0 Å². The van der Waals surface area contributed by atoms with Gasteiger partial charge in [-0.2, -0.15) is 11.8 Å². The lowest BCUT2D eigenvalue weighted by atomic mass is 9.93. The number of thioether (sulfide) groups is 1. The standard InChI is InChI=1S/C13H24N2O2S/c1-5-9(3)11-12(16)14-10(6-2)13(17)15(11)7-8-18-4/h9-11H,5-8H2,1-4H3,(H,14,16). The molecule has 3 unspecified atom stereocenters. The molecule has 0 radical (unpaired) electrons. The van der Waals surface area contributed by atoms with Crippen molar-refractivity contribution in [3.63, 3.8) is 0 Å². The number of carbonyl (C=O) groups excluding carboxylic acids is 2. The molecule has 1 saturated heterocycles. The highest BCUT2D eigenvalue weighted by molar-refractivity contribution is 7.98. The van der Waals surface area contributed by atoms with Crippen molar-refractivity contribution >= 4 is 23.6 Å². The number of nitrogens with zero attached hydrogens (tertiary/aromatic N) is 1. The molecule has 0 aromatic carbocycles. The Morgan fingerprint density at radius 2 is 2.06 bits per heavy atom. The molecule has 1 rings (SSSR count). The average Bonchev–Trinajstić information content (AvgIpc) is 2.38. The van der Waals surface area contributed by atoms with Gasteiger partial charge in [0, 0.05) is 12.3 Å². The van der Waals surface area contributed by atoms with Crippen LogP contribution in [0.15, 0.2) is 0 Å². The summed E-state index contributed by atoms with van der Waals surface area (Å²) < 4.78 is 0. The number of hydrogen-bond donors (Lipinski definition) is 1. The largest absolute Gasteiger partial charge is 0.343 e. The number of rotatable bonds is 6. The van der Waals surface area contributed by atoms with E-state index in [1.165, 1.54) is 0 Å². The van der Waals surface area contributed by atoms with Crippen molar-refractivity contribution < 1.29 is 9.59 Å². The molecule has 5 heteroatoms. The maximum absolute atomic E-state index is 12.3. The predicted molar refractivity (Wildman–Crippen MR) is 75.6 cm³/mol. The first-order chi connectivity index (χ1) is 8.56. The fourth-order valence-electron chi connectivity index (χ4n) is 2.30. The molecule has 0 aromatic rings. The molecule has 0 spiro atoms. The number of piperazine rings is 1. The first kappa shape index (κ1) is 15.3. The first-order valence-corrected chi connectivity index (χ1v) is 8.05. The average molecular weight is 272 g/mol. The van der Waals surface area contributed by atoms with Crippen molar-refractivity contribution in [2.75, 3.05) is 18.6 Å². The van der Waals surface area contributed by atoms with Gasteiger partial charge in [-0.15, -0.1) is 0 Å². The van der Waals surface area contributed by atoms with Crippen LogP contribution >= 0.6 is 11.8 Å². The third-order valence-corrected chi connectivity index (χ3v) is 4.22. The molecule has 0 saturated carbocycles. The SMILES string of the molecule is CCC1NC(=O)C(C(C)CC)N(CCSC)C1=O. The zero-order valence-electron chi connectivity index (χ0n) is 11.7. The smallest absolute Gasteiger partial charge is 0.245 e. The van der Waals surface area contributed by atoms with E-state index in [0.717, 1.165) is 12.2 Å². The van der Waals surface area contributed by atoms with E-state index >= 15 is 0 Å². The Balaban J connectivity index is 2.90. The van der Waals surface area contributed by atoms with Gasteiger partial charge in [-0.25, -0.2) is 0 Å². The number of hydrogen-bond acceptors (Lipinski definition) is 3. The highest BCUT2D eigenvalue weighted by Crippen LogP contribution is 2.21. The molecule has 1 heterocycles. The second-order valence-electron chi connectivity index (χ2n) is 4.82. The molecule has 2 amide bonds. The molecule has 0 aliphatic carbocycles. The van der Waals surface area contributed by atoms with Gasteiger partial charge in [0.15, 0.2) is 0 Å². The molecule has 0 bridgehead atoms. The lowest BCUT2D eigenvalue weighted by Crippen LogP contribution is -2.65. The highest BCUT2D eigenvalue weighted by Gasteiger charge is 2.41. The van der Waals surface area contributed by atoms with E-state index in [0.29, 0.717) is 13.0 Å². The van der Waals surface area contributed by atoms with E-state index in [4.69, 9.17) is 0 Å². The number of amides is 2. The van der Waals surface area contributed by atoms with Gasteiger partial charge in [0.2, 0.25) is 11.8 Å². The van der Waals surface area contributed by atoms with E-state index < -0.39 is 0 Å². The number of carbonyl (C=O) groups is 2. The van der Waals surface area contributed by atoms with Gasteiger partial charge in [-0.1, -0.05) is 27.2 Å². The van der Waals surface area contributed by atoms with Crippen molar-refractivity contribution in [2.24, 2.45) is 5.92 Å². The fourth-order valence-corrected chi connectivity index (χ4v) is 2.68. The molecular weight excluding hydrogens is 248 g/mol. The molecule has 1 fully saturated rings. The van der Waals surface area contributed by atoms with Crippen molar-refractivity contribution in [1.29, 1.82) is 0 Å². The summed E-state index contributed by atoms with van der Waals surface area (Å²) in [6.45, 7) is 6.69. The lowest BCUT2D eigenvalue weighted by Gasteiger charge is -2.41. The normalized spacial score (nSPS) is 26.1. The molecule has 4 nitrogen and oxygen atoms in total. The van der Waals surface area contributed by atoms with Gasteiger partial charge in [0.25, 0.3) is 0 Å². The van der Waals surface area contributed by atoms with Crippen LogP contribution < -0.4 is 5.32 Å². The van der Waals surface area contributed by atoms with Gasteiger partial charge < -0.3 is 10.2 Å². The second kappa shape index (κ2) is 7.02. The van der Waals surface area contributed by atoms with Crippen LogP contribution in [0.5, 0.6) is 0 Å². The van der Waals surface area contributed by atoms with Crippen LogP contribution in [0.25, 0.3) is 0 Å². The van der Waals surface area contributed by atoms with Crippen molar-refractivity contribution in [3.05, 3.63) is 0 Å². The second-order valence-corrected chi connectivity index (χ2v) is 5.81. The third kappa shape index (κ3) is 3.19. The van der Waals surface area contributed by atoms with E-state index in [9.17, 15) is 9.59 Å². The monoisotopic (exact) mass is 272 g/mol. The summed E-state index contributed by atoms with van der Waals surface area (Å²) in [6, 6.07) is -0.628. The van der Waals surface area contributed by atoms with E-state index in [1.54, 1.807) is 16.7 Å². The maximum atomic E-state index is 12.3. The van der Waals surface area contributed by atoms with Crippen LogP contribution in [0.4, 0.5) is 0 Å². The lowest BCUT2D eigenvalue weighted by molar-refractivity contribution is -0.151. The summed E-state index contributed by atoms with van der Waals surface area (Å²) in [7, 11) is 0. The van der Waals surface area contributed by atoms with Gasteiger partial charge >= 0.3 is 0 Å².